The Morgan fingerprint density at radius 3 is 3.00 bits per heavy atom. The lowest BCUT2D eigenvalue weighted by atomic mass is 10.00. The van der Waals surface area contributed by atoms with Crippen molar-refractivity contribution in [3.05, 3.63) is 52.8 Å². The number of aryl methyl sites for hydroxylation is 1. The van der Waals surface area contributed by atoms with Gasteiger partial charge in [0.25, 0.3) is 0 Å². The van der Waals surface area contributed by atoms with Gasteiger partial charge in [0.05, 0.1) is 47.9 Å². The maximum atomic E-state index is 9.14. The number of benzene rings is 1. The first-order chi connectivity index (χ1) is 14.6. The fourth-order valence-electron chi connectivity index (χ4n) is 4.32. The largest absolute Gasteiger partial charge is 0.377 e. The molecular weight excluding hydrogens is 402 g/mol. The minimum absolute atomic E-state index is 0.0787. The molecule has 4 aromatic rings. The number of aromatic nitrogens is 4. The quantitative estimate of drug-likeness (QED) is 0.472. The smallest absolute Gasteiger partial charge is 0.133 e. The number of fused-ring (bicyclic) bond motifs is 3. The summed E-state index contributed by atoms with van der Waals surface area (Å²) in [4.78, 5) is 9.48. The summed E-state index contributed by atoms with van der Waals surface area (Å²) < 4.78 is 13.4. The average molecular weight is 422 g/mol. The van der Waals surface area contributed by atoms with Crippen LogP contribution in [0.3, 0.4) is 0 Å². The second-order valence-corrected chi connectivity index (χ2v) is 8.13. The van der Waals surface area contributed by atoms with Gasteiger partial charge in [0.1, 0.15) is 17.1 Å². The van der Waals surface area contributed by atoms with E-state index in [-0.39, 0.29) is 12.1 Å². The molecule has 1 fully saturated rings. The van der Waals surface area contributed by atoms with Crippen LogP contribution in [0, 0.1) is 18.3 Å². The first kappa shape index (κ1) is 19.0. The third-order valence-electron chi connectivity index (χ3n) is 5.59. The zero-order valence-electron chi connectivity index (χ0n) is 16.5. The normalized spacial score (nSPS) is 19.4. The Morgan fingerprint density at radius 1 is 1.30 bits per heavy atom. The van der Waals surface area contributed by atoms with Gasteiger partial charge in [-0.05, 0) is 38.0 Å². The van der Waals surface area contributed by atoms with Crippen molar-refractivity contribution in [2.24, 2.45) is 0 Å². The maximum Gasteiger partial charge on any atom is 0.133 e. The third-order valence-corrected chi connectivity index (χ3v) is 5.83. The van der Waals surface area contributed by atoms with Gasteiger partial charge in [-0.25, -0.2) is 4.98 Å². The highest BCUT2D eigenvalue weighted by Gasteiger charge is 2.28. The van der Waals surface area contributed by atoms with E-state index in [1.165, 1.54) is 0 Å². The predicted molar refractivity (Wildman–Crippen MR) is 112 cm³/mol. The second kappa shape index (κ2) is 7.71. The fraction of sp³-hybridized carbons (Fsp3) is 0.364. The fourth-order valence-corrected chi connectivity index (χ4v) is 4.49. The summed E-state index contributed by atoms with van der Waals surface area (Å²) in [5.41, 5.74) is 3.54. The molecule has 2 unspecified atom stereocenters. The maximum absolute atomic E-state index is 9.14. The standard InChI is InChI=1S/C22H20ClN5O2/c1-13-8-15(27-30-13)10-21-26-20-12-25-19-3-2-14(23)9-18(19)22(20)28(21)16-5-7-29-17(11-16)4-6-24/h2-3,8-9,12,16-17H,4-5,7,10-11H2,1H3. The second-order valence-electron chi connectivity index (χ2n) is 7.69. The van der Waals surface area contributed by atoms with Crippen molar-refractivity contribution >= 4 is 33.5 Å². The molecule has 0 bridgehead atoms. The first-order valence-electron chi connectivity index (χ1n) is 9.98. The molecule has 0 saturated carbocycles. The molecule has 0 N–H and O–H groups in total. The van der Waals surface area contributed by atoms with E-state index in [0.717, 1.165) is 52.1 Å². The van der Waals surface area contributed by atoms with Crippen LogP contribution in [0.25, 0.3) is 21.9 Å². The topological polar surface area (TPSA) is 89.8 Å². The van der Waals surface area contributed by atoms with Gasteiger partial charge in [0, 0.05) is 29.1 Å². The Bertz CT molecular complexity index is 1270. The average Bonchev–Trinajstić information content (AvgIpc) is 3.31. The molecule has 30 heavy (non-hydrogen) atoms. The number of imidazole rings is 1. The number of nitrogens with zero attached hydrogens (tertiary/aromatic N) is 5. The number of hydrogen-bond acceptors (Lipinski definition) is 6. The predicted octanol–water partition coefficient (Wildman–Crippen LogP) is 4.76. The minimum atomic E-state index is -0.0787. The summed E-state index contributed by atoms with van der Waals surface area (Å²) in [6, 6.07) is 10.0. The molecular formula is C22H20ClN5O2. The summed E-state index contributed by atoms with van der Waals surface area (Å²) in [6.45, 7) is 2.49. The van der Waals surface area contributed by atoms with Crippen LogP contribution in [-0.4, -0.2) is 32.4 Å². The Hall–Kier alpha value is -2.95. The summed E-state index contributed by atoms with van der Waals surface area (Å²) in [5, 5.41) is 14.9. The Labute approximate surface area is 178 Å². The molecule has 152 valence electrons. The number of nitriles is 1. The molecule has 1 aliphatic rings. The van der Waals surface area contributed by atoms with E-state index in [1.807, 2.05) is 37.4 Å². The van der Waals surface area contributed by atoms with Crippen LogP contribution in [-0.2, 0) is 11.2 Å². The van der Waals surface area contributed by atoms with Crippen LogP contribution >= 0.6 is 11.6 Å². The van der Waals surface area contributed by atoms with E-state index < -0.39 is 0 Å². The lowest BCUT2D eigenvalue weighted by molar-refractivity contribution is -0.00202. The van der Waals surface area contributed by atoms with Crippen molar-refractivity contribution in [3.63, 3.8) is 0 Å². The van der Waals surface area contributed by atoms with Gasteiger partial charge in [-0.3, -0.25) is 4.98 Å². The molecule has 0 amide bonds. The van der Waals surface area contributed by atoms with Gasteiger partial charge in [-0.2, -0.15) is 5.26 Å². The van der Waals surface area contributed by atoms with Crippen molar-refractivity contribution in [2.45, 2.75) is 44.8 Å². The molecule has 0 spiro atoms. The monoisotopic (exact) mass is 421 g/mol. The molecule has 2 atom stereocenters. The summed E-state index contributed by atoms with van der Waals surface area (Å²) >= 11 is 6.33. The van der Waals surface area contributed by atoms with Crippen molar-refractivity contribution in [1.82, 2.24) is 19.7 Å². The van der Waals surface area contributed by atoms with Crippen LogP contribution in [0.5, 0.6) is 0 Å². The zero-order chi connectivity index (χ0) is 20.7. The number of pyridine rings is 1. The summed E-state index contributed by atoms with van der Waals surface area (Å²) in [7, 11) is 0. The minimum Gasteiger partial charge on any atom is -0.377 e. The molecule has 7 nitrogen and oxygen atoms in total. The number of hydrogen-bond donors (Lipinski definition) is 0. The van der Waals surface area contributed by atoms with Crippen LogP contribution in [0.4, 0.5) is 0 Å². The number of rotatable bonds is 4. The molecule has 1 aliphatic heterocycles. The van der Waals surface area contributed by atoms with Crippen molar-refractivity contribution < 1.29 is 9.26 Å². The molecule has 8 heteroatoms. The Morgan fingerprint density at radius 2 is 2.20 bits per heavy atom. The van der Waals surface area contributed by atoms with Crippen molar-refractivity contribution in [1.29, 1.82) is 5.26 Å². The SMILES string of the molecule is Cc1cc(Cc2nc3cnc4ccc(Cl)cc4c3n2C2CCOC(CC#N)C2)no1. The van der Waals surface area contributed by atoms with Crippen molar-refractivity contribution in [2.75, 3.05) is 6.61 Å². The first-order valence-corrected chi connectivity index (χ1v) is 10.4. The highest BCUT2D eigenvalue weighted by molar-refractivity contribution is 6.31. The van der Waals surface area contributed by atoms with Crippen molar-refractivity contribution in [3.8, 4) is 6.07 Å². The van der Waals surface area contributed by atoms with E-state index in [2.05, 4.69) is 20.8 Å². The van der Waals surface area contributed by atoms with E-state index in [4.69, 9.17) is 31.1 Å². The molecule has 0 aliphatic carbocycles. The van der Waals surface area contributed by atoms with Gasteiger partial charge in [0.15, 0.2) is 0 Å². The number of ether oxygens (including phenoxy) is 1. The van der Waals surface area contributed by atoms with E-state index in [9.17, 15) is 0 Å². The molecule has 3 aromatic heterocycles. The van der Waals surface area contributed by atoms with Crippen LogP contribution in [0.15, 0.2) is 35.0 Å². The molecule has 5 rings (SSSR count). The van der Waals surface area contributed by atoms with Gasteiger partial charge >= 0.3 is 0 Å². The Kier molecular flexibility index (Phi) is 4.89. The van der Waals surface area contributed by atoms with Gasteiger partial charge in [0.2, 0.25) is 0 Å². The molecule has 1 aromatic carbocycles. The molecule has 0 radical (unpaired) electrons. The summed E-state index contributed by atoms with van der Waals surface area (Å²) in [6.07, 6.45) is 4.27. The highest BCUT2D eigenvalue weighted by Crippen LogP contribution is 2.35. The van der Waals surface area contributed by atoms with Crippen LogP contribution in [0.2, 0.25) is 5.02 Å². The van der Waals surface area contributed by atoms with Crippen LogP contribution < -0.4 is 0 Å². The van der Waals surface area contributed by atoms with E-state index in [0.29, 0.717) is 24.5 Å². The molecule has 4 heterocycles. The lowest BCUT2D eigenvalue weighted by Gasteiger charge is -2.31. The van der Waals surface area contributed by atoms with E-state index >= 15 is 0 Å². The van der Waals surface area contributed by atoms with Gasteiger partial charge in [-0.1, -0.05) is 16.8 Å². The van der Waals surface area contributed by atoms with Gasteiger partial charge in [-0.15, -0.1) is 0 Å². The summed E-state index contributed by atoms with van der Waals surface area (Å²) in [5.74, 6) is 1.67. The van der Waals surface area contributed by atoms with Crippen LogP contribution in [0.1, 0.15) is 42.6 Å². The molecule has 1 saturated heterocycles. The zero-order valence-corrected chi connectivity index (χ0v) is 17.3. The third kappa shape index (κ3) is 3.42. The Balaban J connectivity index is 1.70. The number of halogens is 1. The van der Waals surface area contributed by atoms with E-state index in [1.54, 1.807) is 0 Å². The van der Waals surface area contributed by atoms with Gasteiger partial charge < -0.3 is 13.8 Å². The lowest BCUT2D eigenvalue weighted by Crippen LogP contribution is -2.28. The highest BCUT2D eigenvalue weighted by atomic mass is 35.5.